The first-order chi connectivity index (χ1) is 10.6. The highest BCUT2D eigenvalue weighted by Crippen LogP contribution is 2.55. The minimum atomic E-state index is -0.0669. The van der Waals surface area contributed by atoms with Crippen molar-refractivity contribution in [3.8, 4) is 0 Å². The molecule has 5 rings (SSSR count). The van der Waals surface area contributed by atoms with Crippen molar-refractivity contribution in [1.29, 1.82) is 0 Å². The number of carbonyl (C=O) groups excluding carboxylic acids is 2. The third-order valence-corrected chi connectivity index (χ3v) is 5.68. The maximum atomic E-state index is 12.3. The van der Waals surface area contributed by atoms with E-state index >= 15 is 0 Å². The van der Waals surface area contributed by atoms with Crippen LogP contribution in [-0.4, -0.2) is 29.7 Å². The van der Waals surface area contributed by atoms with E-state index in [1.54, 1.807) is 12.2 Å². The fourth-order valence-electron chi connectivity index (χ4n) is 5.36. The van der Waals surface area contributed by atoms with Crippen molar-refractivity contribution in [2.75, 3.05) is 6.54 Å². The van der Waals surface area contributed by atoms with Gasteiger partial charge < -0.3 is 10.6 Å². The van der Waals surface area contributed by atoms with E-state index in [-0.39, 0.29) is 23.9 Å². The number of rotatable bonds is 3. The van der Waals surface area contributed by atoms with Gasteiger partial charge in [-0.1, -0.05) is 6.08 Å². The summed E-state index contributed by atoms with van der Waals surface area (Å²) in [4.78, 5) is 27.8. The molecular weight excluding hydrogens is 278 g/mol. The van der Waals surface area contributed by atoms with E-state index in [1.807, 2.05) is 0 Å². The number of amides is 2. The predicted molar refractivity (Wildman–Crippen MR) is 83.2 cm³/mol. The number of carbonyl (C=O) groups is 2. The van der Waals surface area contributed by atoms with Crippen LogP contribution >= 0.6 is 0 Å². The fourth-order valence-corrected chi connectivity index (χ4v) is 5.36. The van der Waals surface area contributed by atoms with Gasteiger partial charge in [-0.3, -0.25) is 14.6 Å². The zero-order valence-corrected chi connectivity index (χ0v) is 12.8. The Kier molecular flexibility index (Phi) is 3.31. The minimum absolute atomic E-state index is 0.0114. The van der Waals surface area contributed by atoms with Gasteiger partial charge in [0.1, 0.15) is 12.4 Å². The summed E-state index contributed by atoms with van der Waals surface area (Å²) < 4.78 is 0. The van der Waals surface area contributed by atoms with Crippen molar-refractivity contribution in [3.05, 3.63) is 12.2 Å². The van der Waals surface area contributed by atoms with Crippen LogP contribution in [0.1, 0.15) is 44.9 Å². The van der Waals surface area contributed by atoms with Crippen LogP contribution in [0.15, 0.2) is 17.1 Å². The monoisotopic (exact) mass is 301 g/mol. The molecule has 1 aliphatic heterocycles. The van der Waals surface area contributed by atoms with E-state index in [1.165, 1.54) is 19.3 Å². The standard InChI is InChI=1S/C17H23N3O2/c21-15-3-1-2-14(19-15)18-10-16(22)20-17-7-11-4-12(8-17)6-13(5-11)9-17/h1-2,11-13H,3-10H2,(H,20,22)(H,18,19,21). The van der Waals surface area contributed by atoms with Gasteiger partial charge in [-0.25, -0.2) is 0 Å². The van der Waals surface area contributed by atoms with Gasteiger partial charge in [-0.05, 0) is 62.4 Å². The van der Waals surface area contributed by atoms with Crippen LogP contribution in [0.5, 0.6) is 0 Å². The van der Waals surface area contributed by atoms with E-state index in [9.17, 15) is 9.59 Å². The van der Waals surface area contributed by atoms with E-state index < -0.39 is 0 Å². The Morgan fingerprint density at radius 3 is 2.45 bits per heavy atom. The van der Waals surface area contributed by atoms with Crippen LogP contribution in [0.3, 0.4) is 0 Å². The number of aliphatic imine (C=N–C) groups is 1. The topological polar surface area (TPSA) is 70.6 Å². The Labute approximate surface area is 130 Å². The normalized spacial score (nSPS) is 40.8. The molecule has 0 aromatic rings. The first-order valence-corrected chi connectivity index (χ1v) is 8.42. The molecule has 0 radical (unpaired) electrons. The third-order valence-electron chi connectivity index (χ3n) is 5.68. The van der Waals surface area contributed by atoms with E-state index in [4.69, 9.17) is 0 Å². The predicted octanol–water partition coefficient (Wildman–Crippen LogP) is 1.55. The zero-order valence-electron chi connectivity index (χ0n) is 12.8. The summed E-state index contributed by atoms with van der Waals surface area (Å²) in [6, 6.07) is 0. The van der Waals surface area contributed by atoms with E-state index in [0.717, 1.165) is 37.0 Å². The lowest BCUT2D eigenvalue weighted by atomic mass is 9.53. The summed E-state index contributed by atoms with van der Waals surface area (Å²) in [5.74, 6) is 2.87. The van der Waals surface area contributed by atoms with Crippen molar-refractivity contribution in [2.24, 2.45) is 22.7 Å². The van der Waals surface area contributed by atoms with Crippen LogP contribution < -0.4 is 10.6 Å². The Balaban J connectivity index is 1.38. The summed E-state index contributed by atoms with van der Waals surface area (Å²) in [5, 5.41) is 5.97. The molecule has 0 spiro atoms. The number of hydrogen-bond donors (Lipinski definition) is 2. The molecule has 4 aliphatic carbocycles. The van der Waals surface area contributed by atoms with Crippen molar-refractivity contribution in [3.63, 3.8) is 0 Å². The van der Waals surface area contributed by atoms with Gasteiger partial charge in [0.2, 0.25) is 11.8 Å². The lowest BCUT2D eigenvalue weighted by Crippen LogP contribution is -2.60. The lowest BCUT2D eigenvalue weighted by molar-refractivity contribution is -0.125. The molecule has 0 unspecified atom stereocenters. The Bertz CT molecular complexity index is 529. The summed E-state index contributed by atoms with van der Waals surface area (Å²) in [6.07, 6.45) is 11.5. The lowest BCUT2D eigenvalue weighted by Gasteiger charge is -2.56. The highest BCUT2D eigenvalue weighted by Gasteiger charge is 2.51. The second kappa shape index (κ2) is 5.21. The molecule has 0 atom stereocenters. The van der Waals surface area contributed by atoms with Crippen molar-refractivity contribution in [2.45, 2.75) is 50.5 Å². The number of nitrogens with zero attached hydrogens (tertiary/aromatic N) is 1. The van der Waals surface area contributed by atoms with Gasteiger partial charge in [-0.15, -0.1) is 0 Å². The highest BCUT2D eigenvalue weighted by atomic mass is 16.2. The van der Waals surface area contributed by atoms with E-state index in [0.29, 0.717) is 12.3 Å². The van der Waals surface area contributed by atoms with Crippen LogP contribution in [0.2, 0.25) is 0 Å². The van der Waals surface area contributed by atoms with Gasteiger partial charge in [0.25, 0.3) is 0 Å². The maximum Gasteiger partial charge on any atom is 0.242 e. The minimum Gasteiger partial charge on any atom is -0.349 e. The zero-order chi connectivity index (χ0) is 15.2. The molecule has 5 nitrogen and oxygen atoms in total. The molecule has 4 fully saturated rings. The van der Waals surface area contributed by atoms with Crippen LogP contribution in [-0.2, 0) is 9.59 Å². The first-order valence-electron chi connectivity index (χ1n) is 8.42. The molecule has 0 aromatic carbocycles. The summed E-state index contributed by atoms with van der Waals surface area (Å²) in [5.41, 5.74) is 0.0394. The molecular formula is C17H23N3O2. The van der Waals surface area contributed by atoms with Crippen molar-refractivity contribution in [1.82, 2.24) is 10.6 Å². The van der Waals surface area contributed by atoms with Crippen LogP contribution in [0.4, 0.5) is 0 Å². The van der Waals surface area contributed by atoms with Crippen molar-refractivity contribution < 1.29 is 9.59 Å². The second-order valence-corrected chi connectivity index (χ2v) is 7.60. The first kappa shape index (κ1) is 14.0. The van der Waals surface area contributed by atoms with E-state index in [2.05, 4.69) is 15.6 Å². The summed E-state index contributed by atoms with van der Waals surface area (Å²) in [6.45, 7) is 0.0989. The fraction of sp³-hybridized carbons (Fsp3) is 0.706. The SMILES string of the molecule is O=C1CC=CC(=NCC(=O)NC23CC4CC(CC(C4)C2)C3)N1. The van der Waals surface area contributed by atoms with Crippen LogP contribution in [0, 0.1) is 17.8 Å². The Hall–Kier alpha value is -1.65. The molecule has 118 valence electrons. The number of hydrogen-bond acceptors (Lipinski definition) is 3. The van der Waals surface area contributed by atoms with Gasteiger partial charge in [0.15, 0.2) is 0 Å². The van der Waals surface area contributed by atoms with Gasteiger partial charge >= 0.3 is 0 Å². The Morgan fingerprint density at radius 1 is 1.23 bits per heavy atom. The molecule has 2 amide bonds. The average Bonchev–Trinajstić information content (AvgIpc) is 2.43. The molecule has 0 saturated heterocycles. The molecule has 22 heavy (non-hydrogen) atoms. The quantitative estimate of drug-likeness (QED) is 0.830. The molecule has 2 N–H and O–H groups in total. The second-order valence-electron chi connectivity index (χ2n) is 7.60. The molecule has 0 aromatic heterocycles. The summed E-state index contributed by atoms with van der Waals surface area (Å²) in [7, 11) is 0. The highest BCUT2D eigenvalue weighted by molar-refractivity contribution is 6.07. The van der Waals surface area contributed by atoms with Gasteiger partial charge in [0.05, 0.1) is 0 Å². The maximum absolute atomic E-state index is 12.3. The molecule has 1 heterocycles. The van der Waals surface area contributed by atoms with Crippen molar-refractivity contribution >= 4 is 17.6 Å². The molecule has 5 aliphatic rings. The molecule has 4 saturated carbocycles. The number of nitrogens with one attached hydrogen (secondary N) is 2. The number of amidine groups is 1. The molecule has 4 bridgehead atoms. The van der Waals surface area contributed by atoms with Crippen LogP contribution in [0.25, 0.3) is 0 Å². The van der Waals surface area contributed by atoms with Gasteiger partial charge in [-0.2, -0.15) is 0 Å². The molecule has 5 heteroatoms. The Morgan fingerprint density at radius 2 is 1.86 bits per heavy atom. The largest absolute Gasteiger partial charge is 0.349 e. The third kappa shape index (κ3) is 2.69. The van der Waals surface area contributed by atoms with Gasteiger partial charge in [0, 0.05) is 12.0 Å². The summed E-state index contributed by atoms with van der Waals surface area (Å²) >= 11 is 0. The average molecular weight is 301 g/mol. The smallest absolute Gasteiger partial charge is 0.242 e.